The van der Waals surface area contributed by atoms with Gasteiger partial charge in [-0.1, -0.05) is 17.4 Å². The van der Waals surface area contributed by atoms with E-state index in [1.807, 2.05) is 6.92 Å². The maximum Gasteiger partial charge on any atom is 0.244 e. The Morgan fingerprint density at radius 2 is 1.84 bits per heavy atom. The van der Waals surface area contributed by atoms with Gasteiger partial charge in [-0.25, -0.2) is 32.2 Å². The minimum atomic E-state index is -3.74. The van der Waals surface area contributed by atoms with Crippen molar-refractivity contribution in [2.24, 2.45) is 0 Å². The predicted octanol–water partition coefficient (Wildman–Crippen LogP) is 3.39. The molecule has 0 radical (unpaired) electrons. The van der Waals surface area contributed by atoms with E-state index in [0.29, 0.717) is 23.8 Å². The summed E-state index contributed by atoms with van der Waals surface area (Å²) in [6.45, 7) is 2.39. The molecular formula is C24H23F2N7O3S2. The number of thiazole rings is 1. The number of nitrogens with zero attached hydrogens (tertiary/aromatic N) is 5. The number of sulfonamides is 1. The summed E-state index contributed by atoms with van der Waals surface area (Å²) in [5, 5.41) is 3.48. The Bertz CT molecular complexity index is 1580. The molecule has 1 aliphatic heterocycles. The Balaban J connectivity index is 1.23. The van der Waals surface area contributed by atoms with Gasteiger partial charge in [0.2, 0.25) is 15.8 Å². The van der Waals surface area contributed by atoms with Crippen LogP contribution in [0.15, 0.2) is 53.9 Å². The summed E-state index contributed by atoms with van der Waals surface area (Å²) in [5.41, 5.74) is 6.06. The van der Waals surface area contributed by atoms with Gasteiger partial charge >= 0.3 is 0 Å². The van der Waals surface area contributed by atoms with E-state index < -0.39 is 33.0 Å². The Morgan fingerprint density at radius 1 is 1.13 bits per heavy atom. The number of aryl methyl sites for hydroxylation is 1. The number of halogens is 2. The number of carbonyl (C=O) groups excluding carboxylic acids is 1. The Hall–Kier alpha value is -3.75. The fourth-order valence-electron chi connectivity index (χ4n) is 4.22. The van der Waals surface area contributed by atoms with Crippen molar-refractivity contribution >= 4 is 38.1 Å². The first-order valence-electron chi connectivity index (χ1n) is 11.6. The number of hydrogen-bond donors (Lipinski definition) is 2. The molecule has 198 valence electrons. The van der Waals surface area contributed by atoms with Crippen LogP contribution in [0, 0.1) is 18.6 Å². The molecular weight excluding hydrogens is 536 g/mol. The second kappa shape index (κ2) is 10.2. The highest BCUT2D eigenvalue weighted by Gasteiger charge is 2.31. The van der Waals surface area contributed by atoms with E-state index in [4.69, 9.17) is 5.73 Å². The number of anilines is 2. The molecule has 0 saturated carbocycles. The monoisotopic (exact) mass is 559 g/mol. The van der Waals surface area contributed by atoms with E-state index in [9.17, 15) is 22.0 Å². The van der Waals surface area contributed by atoms with E-state index in [1.54, 1.807) is 23.2 Å². The molecule has 0 atom stereocenters. The van der Waals surface area contributed by atoms with Crippen molar-refractivity contribution in [2.45, 2.75) is 30.7 Å². The summed E-state index contributed by atoms with van der Waals surface area (Å²) in [7, 11) is -3.74. The van der Waals surface area contributed by atoms with Crippen molar-refractivity contribution in [3.8, 4) is 5.82 Å². The van der Waals surface area contributed by atoms with E-state index in [2.05, 4.69) is 20.3 Å². The summed E-state index contributed by atoms with van der Waals surface area (Å²) >= 11 is 0.901. The van der Waals surface area contributed by atoms with Crippen LogP contribution in [0.25, 0.3) is 5.82 Å². The highest BCUT2D eigenvalue weighted by atomic mass is 32.2. The first-order chi connectivity index (χ1) is 18.1. The average molecular weight is 560 g/mol. The molecule has 0 bridgehead atoms. The van der Waals surface area contributed by atoms with Crippen LogP contribution in [-0.4, -0.2) is 57.2 Å². The average Bonchev–Trinajstić information content (AvgIpc) is 3.49. The number of pyridine rings is 1. The number of nitrogens with two attached hydrogens (primary N) is 1. The van der Waals surface area contributed by atoms with Crippen molar-refractivity contribution in [1.29, 1.82) is 0 Å². The maximum atomic E-state index is 14.1. The van der Waals surface area contributed by atoms with Gasteiger partial charge in [0.15, 0.2) is 5.13 Å². The van der Waals surface area contributed by atoms with Crippen LogP contribution < -0.4 is 11.1 Å². The third-order valence-electron chi connectivity index (χ3n) is 6.26. The summed E-state index contributed by atoms with van der Waals surface area (Å²) in [6.07, 6.45) is 5.58. The quantitative estimate of drug-likeness (QED) is 0.329. The SMILES string of the molecule is Cc1cncn1-c1ccc(S(=O)(=O)N2CCC(Nc3nc(N)c(C(=O)c4c(F)cccc4F)s3)CC2)cn1. The minimum absolute atomic E-state index is 0.0710. The molecule has 38 heavy (non-hydrogen) atoms. The molecule has 3 aromatic heterocycles. The van der Waals surface area contributed by atoms with Gasteiger partial charge in [-0.05, 0) is 44.0 Å². The lowest BCUT2D eigenvalue weighted by atomic mass is 10.1. The standard InChI is InChI=1S/C24H23F2N7O3S2/c1-14-11-28-13-33(14)19-6-5-16(12-29-19)38(35,36)32-9-7-15(8-10-32)30-24-31-23(27)22(37-24)21(34)20-17(25)3-2-4-18(20)26/h2-6,11-13,15H,7-10,27H2,1H3,(H,30,31). The van der Waals surface area contributed by atoms with E-state index in [-0.39, 0.29) is 34.7 Å². The van der Waals surface area contributed by atoms with Crippen molar-refractivity contribution in [3.05, 3.63) is 76.8 Å². The molecule has 0 aliphatic carbocycles. The lowest BCUT2D eigenvalue weighted by molar-refractivity contribution is 0.103. The van der Waals surface area contributed by atoms with E-state index >= 15 is 0 Å². The van der Waals surface area contributed by atoms with Gasteiger partial charge in [0.1, 0.15) is 39.4 Å². The van der Waals surface area contributed by atoms with Gasteiger partial charge in [0, 0.05) is 37.2 Å². The zero-order valence-electron chi connectivity index (χ0n) is 20.1. The number of aromatic nitrogens is 4. The van der Waals surface area contributed by atoms with Gasteiger partial charge in [0.25, 0.3) is 0 Å². The number of carbonyl (C=O) groups is 1. The molecule has 1 fully saturated rings. The molecule has 3 N–H and O–H groups in total. The lowest BCUT2D eigenvalue weighted by Crippen LogP contribution is -2.42. The molecule has 1 aliphatic rings. The third kappa shape index (κ3) is 4.89. The molecule has 5 rings (SSSR count). The second-order valence-corrected chi connectivity index (χ2v) is 11.7. The highest BCUT2D eigenvalue weighted by molar-refractivity contribution is 7.89. The number of piperidine rings is 1. The number of ketones is 1. The number of nitrogen functional groups attached to an aromatic ring is 1. The number of rotatable bonds is 7. The maximum absolute atomic E-state index is 14.1. The van der Waals surface area contributed by atoms with Crippen LogP contribution in [0.2, 0.25) is 0 Å². The van der Waals surface area contributed by atoms with Crippen LogP contribution in [-0.2, 0) is 10.0 Å². The molecule has 4 aromatic rings. The third-order valence-corrected chi connectivity index (χ3v) is 9.14. The van der Waals surface area contributed by atoms with Crippen molar-refractivity contribution in [1.82, 2.24) is 23.8 Å². The van der Waals surface area contributed by atoms with Crippen LogP contribution in [0.1, 0.15) is 33.8 Å². The molecule has 4 heterocycles. The highest BCUT2D eigenvalue weighted by Crippen LogP contribution is 2.31. The second-order valence-electron chi connectivity index (χ2n) is 8.74. The molecule has 1 aromatic carbocycles. The molecule has 0 amide bonds. The topological polar surface area (TPSA) is 136 Å². The lowest BCUT2D eigenvalue weighted by Gasteiger charge is -2.31. The fraction of sp³-hybridized carbons (Fsp3) is 0.250. The predicted molar refractivity (Wildman–Crippen MR) is 138 cm³/mol. The van der Waals surface area contributed by atoms with Crippen LogP contribution in [0.5, 0.6) is 0 Å². The largest absolute Gasteiger partial charge is 0.382 e. The molecule has 0 spiro atoms. The normalized spacial score (nSPS) is 15.0. The van der Waals surface area contributed by atoms with Gasteiger partial charge in [-0.2, -0.15) is 4.31 Å². The van der Waals surface area contributed by atoms with Gasteiger partial charge < -0.3 is 11.1 Å². The fourth-order valence-corrected chi connectivity index (χ4v) is 6.54. The van der Waals surface area contributed by atoms with Crippen LogP contribution >= 0.6 is 11.3 Å². The van der Waals surface area contributed by atoms with Crippen molar-refractivity contribution in [2.75, 3.05) is 24.1 Å². The first-order valence-corrected chi connectivity index (χ1v) is 13.9. The molecule has 14 heteroatoms. The number of hydrogen-bond acceptors (Lipinski definition) is 9. The van der Waals surface area contributed by atoms with Crippen molar-refractivity contribution in [3.63, 3.8) is 0 Å². The van der Waals surface area contributed by atoms with E-state index in [0.717, 1.165) is 29.2 Å². The first kappa shape index (κ1) is 25.9. The Kier molecular flexibility index (Phi) is 6.94. The van der Waals surface area contributed by atoms with Crippen LogP contribution in [0.4, 0.5) is 19.7 Å². The zero-order valence-corrected chi connectivity index (χ0v) is 21.8. The molecule has 1 saturated heterocycles. The van der Waals surface area contributed by atoms with E-state index in [1.165, 1.54) is 22.6 Å². The zero-order chi connectivity index (χ0) is 27.0. The Labute approximate surface area is 221 Å². The minimum Gasteiger partial charge on any atom is -0.382 e. The smallest absolute Gasteiger partial charge is 0.244 e. The summed E-state index contributed by atoms with van der Waals surface area (Å²) in [6, 6.07) is 6.19. The van der Waals surface area contributed by atoms with Crippen LogP contribution in [0.3, 0.4) is 0 Å². The molecule has 10 nitrogen and oxygen atoms in total. The summed E-state index contributed by atoms with van der Waals surface area (Å²) in [4.78, 5) is 25.2. The number of benzene rings is 1. The summed E-state index contributed by atoms with van der Waals surface area (Å²) < 4.78 is 57.6. The van der Waals surface area contributed by atoms with Gasteiger partial charge in [0.05, 0.1) is 5.56 Å². The number of imidazole rings is 1. The van der Waals surface area contributed by atoms with Crippen molar-refractivity contribution < 1.29 is 22.0 Å². The van der Waals surface area contributed by atoms with Gasteiger partial charge in [-0.3, -0.25) is 9.36 Å². The van der Waals surface area contributed by atoms with Gasteiger partial charge in [-0.15, -0.1) is 0 Å². The Morgan fingerprint density at radius 3 is 2.45 bits per heavy atom. The molecule has 0 unspecified atom stereocenters. The number of nitrogens with one attached hydrogen (secondary N) is 1. The summed E-state index contributed by atoms with van der Waals surface area (Å²) in [5.74, 6) is -2.40.